The highest BCUT2D eigenvalue weighted by Crippen LogP contribution is 2.29. The van der Waals surface area contributed by atoms with Crippen molar-refractivity contribution < 1.29 is 17.6 Å². The van der Waals surface area contributed by atoms with Gasteiger partial charge in [0.1, 0.15) is 11.7 Å². The summed E-state index contributed by atoms with van der Waals surface area (Å²) in [6.45, 7) is 0.620. The summed E-state index contributed by atoms with van der Waals surface area (Å²) in [4.78, 5) is 18.3. The SMILES string of the molecule is O=C(Nc1cccc(S(=O)(=O)NC2=NCCCCC2)c1)c1ccc(-c2ccc(F)cc2)s1. The van der Waals surface area contributed by atoms with Gasteiger partial charge in [-0.1, -0.05) is 24.6 Å². The van der Waals surface area contributed by atoms with Gasteiger partial charge in [-0.2, -0.15) is 0 Å². The number of halogens is 1. The van der Waals surface area contributed by atoms with Gasteiger partial charge in [0.25, 0.3) is 15.9 Å². The zero-order valence-electron chi connectivity index (χ0n) is 17.2. The van der Waals surface area contributed by atoms with Crippen molar-refractivity contribution in [1.29, 1.82) is 0 Å². The molecule has 4 rings (SSSR count). The summed E-state index contributed by atoms with van der Waals surface area (Å²) in [5.41, 5.74) is 1.19. The Morgan fingerprint density at radius 1 is 1.00 bits per heavy atom. The Morgan fingerprint density at radius 3 is 2.62 bits per heavy atom. The van der Waals surface area contributed by atoms with Crippen molar-refractivity contribution in [1.82, 2.24) is 4.72 Å². The van der Waals surface area contributed by atoms with E-state index in [-0.39, 0.29) is 16.6 Å². The van der Waals surface area contributed by atoms with Gasteiger partial charge in [0.15, 0.2) is 0 Å². The molecular weight excluding hydrogens is 449 g/mol. The van der Waals surface area contributed by atoms with E-state index in [0.717, 1.165) is 29.7 Å². The minimum Gasteiger partial charge on any atom is -0.321 e. The number of aliphatic imine (C=N–C) groups is 1. The molecule has 2 N–H and O–H groups in total. The molecule has 1 aliphatic heterocycles. The smallest absolute Gasteiger partial charge is 0.265 e. The van der Waals surface area contributed by atoms with Gasteiger partial charge in [-0.25, -0.2) is 12.8 Å². The highest BCUT2D eigenvalue weighted by atomic mass is 32.2. The molecule has 9 heteroatoms. The summed E-state index contributed by atoms with van der Waals surface area (Å²) < 4.78 is 41.3. The van der Waals surface area contributed by atoms with Crippen molar-refractivity contribution in [3.05, 3.63) is 71.4 Å². The van der Waals surface area contributed by atoms with Gasteiger partial charge in [0.05, 0.1) is 9.77 Å². The molecule has 0 saturated carbocycles. The number of hydrogen-bond donors (Lipinski definition) is 2. The van der Waals surface area contributed by atoms with Crippen LogP contribution in [0.4, 0.5) is 10.1 Å². The number of nitrogens with one attached hydrogen (secondary N) is 2. The van der Waals surface area contributed by atoms with Crippen LogP contribution < -0.4 is 10.0 Å². The van der Waals surface area contributed by atoms with E-state index in [1.165, 1.54) is 35.6 Å². The molecule has 0 aliphatic carbocycles. The summed E-state index contributed by atoms with van der Waals surface area (Å²) in [5.74, 6) is -0.193. The number of amides is 1. The molecule has 0 fully saturated rings. The van der Waals surface area contributed by atoms with Crippen LogP contribution in [0.15, 0.2) is 70.6 Å². The van der Waals surface area contributed by atoms with E-state index in [0.29, 0.717) is 29.4 Å². The lowest BCUT2D eigenvalue weighted by Gasteiger charge is -2.11. The first-order valence-corrected chi connectivity index (χ1v) is 12.5. The molecule has 1 aromatic heterocycles. The molecule has 0 bridgehead atoms. The fraction of sp³-hybridized carbons (Fsp3) is 0.217. The minimum atomic E-state index is -3.79. The van der Waals surface area contributed by atoms with Gasteiger partial charge in [0.2, 0.25) is 0 Å². The summed E-state index contributed by atoms with van der Waals surface area (Å²) >= 11 is 1.27. The lowest BCUT2D eigenvalue weighted by atomic mass is 10.2. The van der Waals surface area contributed by atoms with E-state index >= 15 is 0 Å². The Kier molecular flexibility index (Phi) is 6.66. The third-order valence-corrected chi connectivity index (χ3v) is 7.50. The maximum absolute atomic E-state index is 13.1. The van der Waals surface area contributed by atoms with Crippen LogP contribution in [-0.2, 0) is 10.0 Å². The molecule has 0 saturated heterocycles. The van der Waals surface area contributed by atoms with E-state index < -0.39 is 10.0 Å². The van der Waals surface area contributed by atoms with E-state index in [4.69, 9.17) is 0 Å². The van der Waals surface area contributed by atoms with Gasteiger partial charge < -0.3 is 5.32 Å². The Bertz CT molecular complexity index is 1250. The van der Waals surface area contributed by atoms with Crippen molar-refractivity contribution in [2.75, 3.05) is 11.9 Å². The van der Waals surface area contributed by atoms with Crippen LogP contribution in [0.1, 0.15) is 35.4 Å². The molecule has 1 amide bonds. The summed E-state index contributed by atoms with van der Waals surface area (Å²) in [5, 5.41) is 2.75. The third kappa shape index (κ3) is 5.41. The van der Waals surface area contributed by atoms with Crippen LogP contribution in [-0.4, -0.2) is 26.7 Å². The fourth-order valence-corrected chi connectivity index (χ4v) is 5.38. The van der Waals surface area contributed by atoms with E-state index in [1.807, 2.05) is 0 Å². The first-order chi connectivity index (χ1) is 15.4. The van der Waals surface area contributed by atoms with Gasteiger partial charge >= 0.3 is 0 Å². The number of carbonyl (C=O) groups excluding carboxylic acids is 1. The number of benzene rings is 2. The van der Waals surface area contributed by atoms with Crippen LogP contribution in [0.25, 0.3) is 10.4 Å². The second kappa shape index (κ2) is 9.62. The fourth-order valence-electron chi connectivity index (χ4n) is 3.33. The van der Waals surface area contributed by atoms with Gasteiger partial charge in [0, 0.05) is 23.5 Å². The van der Waals surface area contributed by atoms with Gasteiger partial charge in [-0.15, -0.1) is 11.3 Å². The van der Waals surface area contributed by atoms with Crippen LogP contribution in [0.5, 0.6) is 0 Å². The molecule has 2 aromatic carbocycles. The molecule has 3 aromatic rings. The Balaban J connectivity index is 1.47. The maximum atomic E-state index is 13.1. The second-order valence-electron chi connectivity index (χ2n) is 7.40. The predicted octanol–water partition coefficient (Wildman–Crippen LogP) is 5.06. The second-order valence-corrected chi connectivity index (χ2v) is 10.2. The molecular formula is C23H22FN3O3S2. The van der Waals surface area contributed by atoms with Crippen LogP contribution in [0.2, 0.25) is 0 Å². The molecule has 166 valence electrons. The lowest BCUT2D eigenvalue weighted by molar-refractivity contribution is 0.103. The number of anilines is 1. The molecule has 0 atom stereocenters. The molecule has 2 heterocycles. The van der Waals surface area contributed by atoms with Crippen LogP contribution >= 0.6 is 11.3 Å². The highest BCUT2D eigenvalue weighted by Gasteiger charge is 2.18. The van der Waals surface area contributed by atoms with Gasteiger partial charge in [-0.3, -0.25) is 14.5 Å². The summed E-state index contributed by atoms with van der Waals surface area (Å²) in [6, 6.07) is 15.7. The molecule has 1 aliphatic rings. The standard InChI is InChI=1S/C23H22FN3O3S2/c24-17-10-8-16(9-11-17)20-12-13-21(31-20)23(28)26-18-5-4-6-19(15-18)32(29,30)27-22-7-2-1-3-14-25-22/h4-6,8-13,15H,1-3,7,14H2,(H,25,27)(H,26,28). The zero-order valence-corrected chi connectivity index (χ0v) is 18.8. The largest absolute Gasteiger partial charge is 0.321 e. The average molecular weight is 472 g/mol. The maximum Gasteiger partial charge on any atom is 0.265 e. The topological polar surface area (TPSA) is 87.6 Å². The number of carbonyl (C=O) groups is 1. The average Bonchev–Trinajstić information content (AvgIpc) is 3.14. The molecule has 6 nitrogen and oxygen atoms in total. The molecule has 0 spiro atoms. The third-order valence-electron chi connectivity index (χ3n) is 4.99. The number of hydrogen-bond acceptors (Lipinski definition) is 5. The number of amidine groups is 1. The Morgan fingerprint density at radius 2 is 1.81 bits per heavy atom. The monoisotopic (exact) mass is 471 g/mol. The molecule has 0 unspecified atom stereocenters. The van der Waals surface area contributed by atoms with E-state index in [1.54, 1.807) is 36.4 Å². The van der Waals surface area contributed by atoms with Crippen molar-refractivity contribution >= 4 is 38.8 Å². The van der Waals surface area contributed by atoms with E-state index in [2.05, 4.69) is 15.0 Å². The molecule has 32 heavy (non-hydrogen) atoms. The normalized spacial score (nSPS) is 14.3. The summed E-state index contributed by atoms with van der Waals surface area (Å²) in [6.07, 6.45) is 3.49. The van der Waals surface area contributed by atoms with Crippen molar-refractivity contribution in [3.63, 3.8) is 0 Å². The summed E-state index contributed by atoms with van der Waals surface area (Å²) in [7, 11) is -3.79. The quantitative estimate of drug-likeness (QED) is 0.545. The van der Waals surface area contributed by atoms with Gasteiger partial charge in [-0.05, 0) is 60.9 Å². The number of rotatable bonds is 5. The predicted molar refractivity (Wildman–Crippen MR) is 125 cm³/mol. The molecule has 0 radical (unpaired) electrons. The number of thiophene rings is 1. The number of sulfonamides is 1. The van der Waals surface area contributed by atoms with Crippen LogP contribution in [0, 0.1) is 5.82 Å². The lowest BCUT2D eigenvalue weighted by Crippen LogP contribution is -2.30. The zero-order chi connectivity index (χ0) is 22.6. The minimum absolute atomic E-state index is 0.0560. The van der Waals surface area contributed by atoms with E-state index in [9.17, 15) is 17.6 Å². The Hall–Kier alpha value is -3.04. The van der Waals surface area contributed by atoms with Crippen molar-refractivity contribution in [3.8, 4) is 10.4 Å². The van der Waals surface area contributed by atoms with Crippen molar-refractivity contribution in [2.24, 2.45) is 4.99 Å². The number of nitrogens with zero attached hydrogens (tertiary/aromatic N) is 1. The first-order valence-electron chi connectivity index (χ1n) is 10.2. The highest BCUT2D eigenvalue weighted by molar-refractivity contribution is 7.90. The van der Waals surface area contributed by atoms with Crippen LogP contribution in [0.3, 0.4) is 0 Å². The first kappa shape index (κ1) is 22.2. The van der Waals surface area contributed by atoms with Crippen molar-refractivity contribution in [2.45, 2.75) is 30.6 Å². The Labute approximate surface area is 190 Å².